The standard InChI is InChI=1S/C9H14N2O3S/c1-10-15(13,14)11(2)7-8-3-5-9(12)6-4-8/h3-6,10,12H,7H2,1-2H3. The monoisotopic (exact) mass is 230 g/mol. The summed E-state index contributed by atoms with van der Waals surface area (Å²) < 4.78 is 26.1. The summed E-state index contributed by atoms with van der Waals surface area (Å²) in [5.41, 5.74) is 0.814. The van der Waals surface area contributed by atoms with Crippen LogP contribution in [0, 0.1) is 0 Å². The molecule has 0 heterocycles. The van der Waals surface area contributed by atoms with Gasteiger partial charge in [0.1, 0.15) is 5.75 Å². The van der Waals surface area contributed by atoms with Gasteiger partial charge in [-0.05, 0) is 17.7 Å². The van der Waals surface area contributed by atoms with Gasteiger partial charge in [0, 0.05) is 20.6 Å². The molecular formula is C9H14N2O3S. The summed E-state index contributed by atoms with van der Waals surface area (Å²) in [5.74, 6) is 0.165. The number of benzene rings is 1. The van der Waals surface area contributed by atoms with Gasteiger partial charge < -0.3 is 5.11 Å². The van der Waals surface area contributed by atoms with Crippen molar-refractivity contribution < 1.29 is 13.5 Å². The van der Waals surface area contributed by atoms with Crippen molar-refractivity contribution in [3.05, 3.63) is 29.8 Å². The van der Waals surface area contributed by atoms with E-state index in [1.165, 1.54) is 30.5 Å². The van der Waals surface area contributed by atoms with Crippen LogP contribution in [0.5, 0.6) is 5.75 Å². The summed E-state index contributed by atoms with van der Waals surface area (Å²) in [4.78, 5) is 0. The second-order valence-electron chi connectivity index (χ2n) is 3.13. The van der Waals surface area contributed by atoms with Crippen LogP contribution >= 0.6 is 0 Å². The first-order valence-corrected chi connectivity index (χ1v) is 5.82. The Hall–Kier alpha value is -1.11. The molecule has 0 aliphatic heterocycles. The average Bonchev–Trinajstić information content (AvgIpc) is 2.21. The zero-order chi connectivity index (χ0) is 11.5. The van der Waals surface area contributed by atoms with Crippen LogP contribution in [-0.4, -0.2) is 31.9 Å². The summed E-state index contributed by atoms with van der Waals surface area (Å²) in [7, 11) is -0.537. The third kappa shape index (κ3) is 3.19. The third-order valence-electron chi connectivity index (χ3n) is 2.01. The van der Waals surface area contributed by atoms with Crippen molar-refractivity contribution in [2.24, 2.45) is 0 Å². The van der Waals surface area contributed by atoms with Gasteiger partial charge >= 0.3 is 0 Å². The minimum absolute atomic E-state index is 0.165. The second kappa shape index (κ2) is 4.61. The fraction of sp³-hybridized carbons (Fsp3) is 0.333. The maximum Gasteiger partial charge on any atom is 0.279 e. The van der Waals surface area contributed by atoms with Crippen LogP contribution in [0.1, 0.15) is 5.56 Å². The highest BCUT2D eigenvalue weighted by Crippen LogP contribution is 2.11. The quantitative estimate of drug-likeness (QED) is 0.781. The van der Waals surface area contributed by atoms with E-state index in [0.29, 0.717) is 0 Å². The number of phenols is 1. The first kappa shape index (κ1) is 12.0. The number of nitrogens with zero attached hydrogens (tertiary/aromatic N) is 1. The van der Waals surface area contributed by atoms with Gasteiger partial charge in [-0.25, -0.2) is 4.72 Å². The summed E-state index contributed by atoms with van der Waals surface area (Å²) >= 11 is 0. The molecule has 15 heavy (non-hydrogen) atoms. The van der Waals surface area contributed by atoms with Crippen LogP contribution in [0.15, 0.2) is 24.3 Å². The molecule has 0 amide bonds. The Morgan fingerprint density at radius 3 is 2.33 bits per heavy atom. The molecule has 1 rings (SSSR count). The Balaban J connectivity index is 2.75. The topological polar surface area (TPSA) is 69.6 Å². The van der Waals surface area contributed by atoms with Crippen molar-refractivity contribution in [3.8, 4) is 5.75 Å². The van der Waals surface area contributed by atoms with Crippen molar-refractivity contribution in [2.45, 2.75) is 6.54 Å². The van der Waals surface area contributed by atoms with Gasteiger partial charge in [0.2, 0.25) is 0 Å². The van der Waals surface area contributed by atoms with E-state index >= 15 is 0 Å². The zero-order valence-electron chi connectivity index (χ0n) is 8.64. The normalized spacial score (nSPS) is 11.9. The van der Waals surface area contributed by atoms with Gasteiger partial charge in [0.15, 0.2) is 0 Å². The fourth-order valence-corrected chi connectivity index (χ4v) is 1.73. The smallest absolute Gasteiger partial charge is 0.279 e. The molecule has 0 aromatic heterocycles. The molecule has 6 heteroatoms. The number of rotatable bonds is 4. The maximum atomic E-state index is 11.3. The van der Waals surface area contributed by atoms with Gasteiger partial charge in [-0.3, -0.25) is 0 Å². The fourth-order valence-electron chi connectivity index (χ4n) is 1.10. The Bertz CT molecular complexity index is 413. The molecule has 0 unspecified atom stereocenters. The number of nitrogens with one attached hydrogen (secondary N) is 1. The molecule has 0 radical (unpaired) electrons. The molecule has 1 aromatic rings. The number of phenolic OH excluding ortho intramolecular Hbond substituents is 1. The van der Waals surface area contributed by atoms with Crippen LogP contribution in [0.4, 0.5) is 0 Å². The molecule has 0 bridgehead atoms. The first-order valence-electron chi connectivity index (χ1n) is 4.38. The lowest BCUT2D eigenvalue weighted by atomic mass is 10.2. The molecule has 0 saturated heterocycles. The molecule has 0 fully saturated rings. The Morgan fingerprint density at radius 2 is 1.87 bits per heavy atom. The Morgan fingerprint density at radius 1 is 1.33 bits per heavy atom. The van der Waals surface area contributed by atoms with Gasteiger partial charge in [-0.2, -0.15) is 12.7 Å². The first-order chi connectivity index (χ1) is 6.95. The van der Waals surface area contributed by atoms with E-state index in [2.05, 4.69) is 4.72 Å². The maximum absolute atomic E-state index is 11.3. The van der Waals surface area contributed by atoms with Crippen molar-refractivity contribution >= 4 is 10.2 Å². The molecule has 0 atom stereocenters. The molecule has 5 nitrogen and oxygen atoms in total. The Kier molecular flexibility index (Phi) is 3.67. The van der Waals surface area contributed by atoms with E-state index < -0.39 is 10.2 Å². The van der Waals surface area contributed by atoms with Crippen LogP contribution in [0.2, 0.25) is 0 Å². The second-order valence-corrected chi connectivity index (χ2v) is 5.11. The van der Waals surface area contributed by atoms with Crippen LogP contribution in [-0.2, 0) is 16.8 Å². The van der Waals surface area contributed by atoms with Gasteiger partial charge in [-0.15, -0.1) is 0 Å². The highest BCUT2D eigenvalue weighted by Gasteiger charge is 2.14. The van der Waals surface area contributed by atoms with E-state index in [-0.39, 0.29) is 12.3 Å². The summed E-state index contributed by atoms with van der Waals surface area (Å²) in [6, 6.07) is 6.40. The van der Waals surface area contributed by atoms with Crippen LogP contribution in [0.3, 0.4) is 0 Å². The number of hydrogen-bond acceptors (Lipinski definition) is 3. The highest BCUT2D eigenvalue weighted by molar-refractivity contribution is 7.87. The van der Waals surface area contributed by atoms with Crippen molar-refractivity contribution in [1.29, 1.82) is 0 Å². The van der Waals surface area contributed by atoms with Crippen molar-refractivity contribution in [1.82, 2.24) is 9.03 Å². The van der Waals surface area contributed by atoms with Crippen LogP contribution in [0.25, 0.3) is 0 Å². The lowest BCUT2D eigenvalue weighted by Gasteiger charge is -2.15. The van der Waals surface area contributed by atoms with E-state index in [1.54, 1.807) is 12.1 Å². The average molecular weight is 230 g/mol. The largest absolute Gasteiger partial charge is 0.508 e. The van der Waals surface area contributed by atoms with Crippen molar-refractivity contribution in [2.75, 3.05) is 14.1 Å². The molecule has 2 N–H and O–H groups in total. The van der Waals surface area contributed by atoms with E-state index in [4.69, 9.17) is 5.11 Å². The van der Waals surface area contributed by atoms with Gasteiger partial charge in [0.25, 0.3) is 10.2 Å². The van der Waals surface area contributed by atoms with E-state index in [0.717, 1.165) is 5.56 Å². The predicted molar refractivity (Wildman–Crippen MR) is 57.6 cm³/mol. The summed E-state index contributed by atoms with van der Waals surface area (Å²) in [6.45, 7) is 0.267. The SMILES string of the molecule is CNS(=O)(=O)N(C)Cc1ccc(O)cc1. The third-order valence-corrected chi connectivity index (χ3v) is 3.48. The van der Waals surface area contributed by atoms with E-state index in [9.17, 15) is 8.42 Å². The molecule has 84 valence electrons. The van der Waals surface area contributed by atoms with Crippen LogP contribution < -0.4 is 4.72 Å². The highest BCUT2D eigenvalue weighted by atomic mass is 32.2. The molecule has 0 spiro atoms. The number of hydrogen-bond donors (Lipinski definition) is 2. The van der Waals surface area contributed by atoms with Gasteiger partial charge in [0.05, 0.1) is 0 Å². The van der Waals surface area contributed by atoms with Crippen molar-refractivity contribution in [3.63, 3.8) is 0 Å². The summed E-state index contributed by atoms with van der Waals surface area (Å²) in [6.07, 6.45) is 0. The summed E-state index contributed by atoms with van der Waals surface area (Å²) in [5, 5.41) is 9.05. The van der Waals surface area contributed by atoms with Gasteiger partial charge in [-0.1, -0.05) is 12.1 Å². The minimum Gasteiger partial charge on any atom is -0.508 e. The molecule has 0 aliphatic carbocycles. The molecule has 0 saturated carbocycles. The molecule has 1 aromatic carbocycles. The lowest BCUT2D eigenvalue weighted by Crippen LogP contribution is -2.35. The Labute approximate surface area is 89.5 Å². The molecular weight excluding hydrogens is 216 g/mol. The minimum atomic E-state index is -3.39. The van der Waals surface area contributed by atoms with E-state index in [1.807, 2.05) is 0 Å². The zero-order valence-corrected chi connectivity index (χ0v) is 9.45. The number of aromatic hydroxyl groups is 1. The molecule has 0 aliphatic rings. The lowest BCUT2D eigenvalue weighted by molar-refractivity contribution is 0.457. The predicted octanol–water partition coefficient (Wildman–Crippen LogP) is 0.288.